The molecule has 2 aromatic rings. The number of benzene rings is 1. The summed E-state index contributed by atoms with van der Waals surface area (Å²) in [5.41, 5.74) is 3.90. The lowest BCUT2D eigenvalue weighted by Gasteiger charge is -2.13. The van der Waals surface area contributed by atoms with E-state index in [2.05, 4.69) is 10.3 Å². The van der Waals surface area contributed by atoms with E-state index < -0.39 is 0 Å². The molecule has 1 aromatic heterocycles. The van der Waals surface area contributed by atoms with Gasteiger partial charge in [-0.05, 0) is 44.5 Å². The molecule has 0 aliphatic carbocycles. The first-order valence-corrected chi connectivity index (χ1v) is 6.94. The Morgan fingerprint density at radius 2 is 1.59 bits per heavy atom. The lowest BCUT2D eigenvalue weighted by molar-refractivity contribution is 0.102. The minimum atomic E-state index is -0.228. The van der Waals surface area contributed by atoms with Crippen LogP contribution in [0.3, 0.4) is 0 Å². The van der Waals surface area contributed by atoms with E-state index in [0.717, 1.165) is 22.6 Å². The highest BCUT2D eigenvalue weighted by atomic mass is 16.5. The van der Waals surface area contributed by atoms with E-state index >= 15 is 0 Å². The van der Waals surface area contributed by atoms with Gasteiger partial charge in [-0.2, -0.15) is 0 Å². The maximum atomic E-state index is 12.5. The first-order valence-electron chi connectivity index (χ1n) is 6.94. The molecule has 0 saturated carbocycles. The van der Waals surface area contributed by atoms with Crippen LogP contribution in [0.4, 0.5) is 5.69 Å². The normalized spacial score (nSPS) is 10.2. The van der Waals surface area contributed by atoms with Crippen LogP contribution in [-0.4, -0.2) is 25.1 Å². The number of carbonyl (C=O) groups is 1. The number of rotatable bonds is 4. The standard InChI is InChI=1S/C17H20N2O3/c1-10-6-11(2)18-12(3)16(10)19-17(20)13-7-14(21-4)9-15(8-13)22-5/h6-9H,1-5H3,(H,19,20). The molecule has 0 atom stereocenters. The van der Waals surface area contributed by atoms with Gasteiger partial charge in [0.2, 0.25) is 0 Å². The van der Waals surface area contributed by atoms with Gasteiger partial charge in [0.15, 0.2) is 0 Å². The zero-order valence-corrected chi connectivity index (χ0v) is 13.5. The number of anilines is 1. The molecule has 116 valence electrons. The SMILES string of the molecule is COc1cc(OC)cc(C(=O)Nc2c(C)cc(C)nc2C)c1. The first-order chi connectivity index (χ1) is 10.4. The number of hydrogen-bond donors (Lipinski definition) is 1. The summed E-state index contributed by atoms with van der Waals surface area (Å²) < 4.78 is 10.4. The molecule has 0 bridgehead atoms. The Labute approximate surface area is 130 Å². The molecule has 0 spiro atoms. The molecule has 5 nitrogen and oxygen atoms in total. The summed E-state index contributed by atoms with van der Waals surface area (Å²) in [6.45, 7) is 5.75. The molecule has 0 aliphatic heterocycles. The monoisotopic (exact) mass is 300 g/mol. The number of hydrogen-bond acceptors (Lipinski definition) is 4. The molecule has 1 aromatic carbocycles. The number of pyridine rings is 1. The van der Waals surface area contributed by atoms with Crippen molar-refractivity contribution in [3.05, 3.63) is 46.8 Å². The number of methoxy groups -OCH3 is 2. The van der Waals surface area contributed by atoms with Crippen LogP contribution in [0.5, 0.6) is 11.5 Å². The van der Waals surface area contributed by atoms with Crippen molar-refractivity contribution in [2.45, 2.75) is 20.8 Å². The maximum absolute atomic E-state index is 12.5. The van der Waals surface area contributed by atoms with Crippen LogP contribution in [0.2, 0.25) is 0 Å². The number of aromatic nitrogens is 1. The number of nitrogens with zero attached hydrogens (tertiary/aromatic N) is 1. The summed E-state index contributed by atoms with van der Waals surface area (Å²) in [4.78, 5) is 16.9. The van der Waals surface area contributed by atoms with E-state index in [9.17, 15) is 4.79 Å². The van der Waals surface area contributed by atoms with Gasteiger partial charge < -0.3 is 14.8 Å². The minimum Gasteiger partial charge on any atom is -0.497 e. The Hall–Kier alpha value is -2.56. The fourth-order valence-corrected chi connectivity index (χ4v) is 2.34. The summed E-state index contributed by atoms with van der Waals surface area (Å²) in [5.74, 6) is 0.911. The molecule has 1 amide bonds. The number of aryl methyl sites for hydroxylation is 3. The molecule has 1 N–H and O–H groups in total. The van der Waals surface area contributed by atoms with E-state index in [-0.39, 0.29) is 5.91 Å². The van der Waals surface area contributed by atoms with Crippen molar-refractivity contribution >= 4 is 11.6 Å². The zero-order valence-electron chi connectivity index (χ0n) is 13.5. The maximum Gasteiger partial charge on any atom is 0.255 e. The van der Waals surface area contributed by atoms with Gasteiger partial charge in [0, 0.05) is 17.3 Å². The lowest BCUT2D eigenvalue weighted by atomic mass is 10.1. The van der Waals surface area contributed by atoms with Crippen LogP contribution in [-0.2, 0) is 0 Å². The number of ether oxygens (including phenoxy) is 2. The van der Waals surface area contributed by atoms with Crippen molar-refractivity contribution in [3.63, 3.8) is 0 Å². The Bertz CT molecular complexity index is 666. The second-order valence-corrected chi connectivity index (χ2v) is 5.10. The first kappa shape index (κ1) is 15.8. The molecule has 0 unspecified atom stereocenters. The molecule has 1 heterocycles. The quantitative estimate of drug-likeness (QED) is 0.941. The minimum absolute atomic E-state index is 0.228. The Balaban J connectivity index is 2.34. The third-order valence-electron chi connectivity index (χ3n) is 3.38. The van der Waals surface area contributed by atoms with E-state index in [4.69, 9.17) is 9.47 Å². The van der Waals surface area contributed by atoms with E-state index in [1.165, 1.54) is 0 Å². The largest absolute Gasteiger partial charge is 0.497 e. The van der Waals surface area contributed by atoms with Gasteiger partial charge in [-0.1, -0.05) is 0 Å². The van der Waals surface area contributed by atoms with E-state index in [1.54, 1.807) is 32.4 Å². The second kappa shape index (κ2) is 6.47. The van der Waals surface area contributed by atoms with Crippen LogP contribution in [0.1, 0.15) is 27.3 Å². The summed E-state index contributed by atoms with van der Waals surface area (Å²) in [6.07, 6.45) is 0. The number of nitrogens with one attached hydrogen (secondary N) is 1. The van der Waals surface area contributed by atoms with Crippen LogP contribution < -0.4 is 14.8 Å². The molecule has 0 radical (unpaired) electrons. The van der Waals surface area contributed by atoms with Crippen LogP contribution >= 0.6 is 0 Å². The Kier molecular flexibility index (Phi) is 4.65. The summed E-state index contributed by atoms with van der Waals surface area (Å²) in [5, 5.41) is 2.91. The van der Waals surface area contributed by atoms with Crippen molar-refractivity contribution in [2.24, 2.45) is 0 Å². The van der Waals surface area contributed by atoms with Crippen molar-refractivity contribution in [1.82, 2.24) is 4.98 Å². The highest BCUT2D eigenvalue weighted by Crippen LogP contribution is 2.25. The number of amides is 1. The van der Waals surface area contributed by atoms with E-state index in [0.29, 0.717) is 17.1 Å². The average Bonchev–Trinajstić information content (AvgIpc) is 2.49. The molecule has 0 aliphatic rings. The predicted octanol–water partition coefficient (Wildman–Crippen LogP) is 3.28. The van der Waals surface area contributed by atoms with Gasteiger partial charge in [-0.25, -0.2) is 0 Å². The fraction of sp³-hybridized carbons (Fsp3) is 0.294. The lowest BCUT2D eigenvalue weighted by Crippen LogP contribution is -2.15. The molecule has 22 heavy (non-hydrogen) atoms. The Morgan fingerprint density at radius 3 is 2.09 bits per heavy atom. The highest BCUT2D eigenvalue weighted by molar-refractivity contribution is 6.05. The van der Waals surface area contributed by atoms with E-state index in [1.807, 2.05) is 26.8 Å². The molecule has 2 rings (SSSR count). The predicted molar refractivity (Wildman–Crippen MR) is 85.9 cm³/mol. The zero-order chi connectivity index (χ0) is 16.3. The number of carbonyl (C=O) groups excluding carboxylic acids is 1. The van der Waals surface area contributed by atoms with Gasteiger partial charge in [0.05, 0.1) is 25.6 Å². The van der Waals surface area contributed by atoms with Gasteiger partial charge in [-0.3, -0.25) is 9.78 Å². The highest BCUT2D eigenvalue weighted by Gasteiger charge is 2.13. The second-order valence-electron chi connectivity index (χ2n) is 5.10. The molecule has 0 saturated heterocycles. The summed E-state index contributed by atoms with van der Waals surface area (Å²) in [7, 11) is 3.10. The van der Waals surface area contributed by atoms with Crippen molar-refractivity contribution < 1.29 is 14.3 Å². The third-order valence-corrected chi connectivity index (χ3v) is 3.38. The smallest absolute Gasteiger partial charge is 0.255 e. The van der Waals surface area contributed by atoms with Gasteiger partial charge >= 0.3 is 0 Å². The van der Waals surface area contributed by atoms with Crippen molar-refractivity contribution in [3.8, 4) is 11.5 Å². The van der Waals surface area contributed by atoms with Gasteiger partial charge in [-0.15, -0.1) is 0 Å². The van der Waals surface area contributed by atoms with Crippen LogP contribution in [0.15, 0.2) is 24.3 Å². The fourth-order valence-electron chi connectivity index (χ4n) is 2.34. The Morgan fingerprint density at radius 1 is 1.00 bits per heavy atom. The van der Waals surface area contributed by atoms with Crippen LogP contribution in [0.25, 0.3) is 0 Å². The topological polar surface area (TPSA) is 60.5 Å². The third kappa shape index (κ3) is 3.36. The average molecular weight is 300 g/mol. The van der Waals surface area contributed by atoms with Gasteiger partial charge in [0.1, 0.15) is 11.5 Å². The molecular weight excluding hydrogens is 280 g/mol. The van der Waals surface area contributed by atoms with Crippen molar-refractivity contribution in [2.75, 3.05) is 19.5 Å². The van der Waals surface area contributed by atoms with Gasteiger partial charge in [0.25, 0.3) is 5.91 Å². The molecular formula is C17H20N2O3. The molecule has 5 heteroatoms. The van der Waals surface area contributed by atoms with Crippen molar-refractivity contribution in [1.29, 1.82) is 0 Å². The summed E-state index contributed by atoms with van der Waals surface area (Å²) in [6, 6.07) is 7.00. The van der Waals surface area contributed by atoms with Crippen LogP contribution in [0, 0.1) is 20.8 Å². The molecule has 0 fully saturated rings. The summed E-state index contributed by atoms with van der Waals surface area (Å²) >= 11 is 0.